The lowest BCUT2D eigenvalue weighted by Gasteiger charge is -2.28. The van der Waals surface area contributed by atoms with Crippen LogP contribution in [-0.4, -0.2) is 37.2 Å². The summed E-state index contributed by atoms with van der Waals surface area (Å²) in [5, 5.41) is 15.3. The number of benzene rings is 2. The first-order valence-corrected chi connectivity index (χ1v) is 9.45. The number of methoxy groups -OCH3 is 1. The molecule has 3 N–H and O–H groups in total. The van der Waals surface area contributed by atoms with Gasteiger partial charge in [-0.2, -0.15) is 0 Å². The number of urea groups is 1. The number of carbonyl (C=O) groups is 2. The Morgan fingerprint density at radius 2 is 2.07 bits per heavy atom. The second kappa shape index (κ2) is 9.38. The van der Waals surface area contributed by atoms with Gasteiger partial charge in [0.2, 0.25) is 5.91 Å². The molecular formula is C21H24FN3O4. The van der Waals surface area contributed by atoms with E-state index >= 15 is 0 Å². The summed E-state index contributed by atoms with van der Waals surface area (Å²) < 4.78 is 19.1. The molecule has 1 aliphatic rings. The molecule has 1 fully saturated rings. The molecule has 2 aromatic carbocycles. The highest BCUT2D eigenvalue weighted by atomic mass is 19.1. The van der Waals surface area contributed by atoms with Gasteiger partial charge in [-0.25, -0.2) is 9.18 Å². The zero-order valence-corrected chi connectivity index (χ0v) is 16.2. The van der Waals surface area contributed by atoms with E-state index in [9.17, 15) is 19.1 Å². The summed E-state index contributed by atoms with van der Waals surface area (Å²) in [6, 6.07) is 10.3. The third kappa shape index (κ3) is 5.03. The number of carbonyl (C=O) groups excluding carboxylic acids is 2. The Balaban J connectivity index is 1.65. The van der Waals surface area contributed by atoms with Crippen molar-refractivity contribution in [2.24, 2.45) is 0 Å². The van der Waals surface area contributed by atoms with E-state index in [1.165, 1.54) is 25.3 Å². The van der Waals surface area contributed by atoms with E-state index in [-0.39, 0.29) is 18.0 Å². The molecule has 29 heavy (non-hydrogen) atoms. The molecule has 154 valence electrons. The Hall–Kier alpha value is -3.13. The number of rotatable bonds is 6. The lowest BCUT2D eigenvalue weighted by molar-refractivity contribution is -0.119. The standard InChI is InChI=1S/C21H24FN3O4/c1-29-19-10-9-14(12-17(19)25-11-5-4-8-20(25)27)24-21(28)23-13-18(26)15-6-2-3-7-16(15)22/h2-3,6-7,9-10,12,18,26H,4-5,8,11,13H2,1H3,(H2,23,24,28). The van der Waals surface area contributed by atoms with Gasteiger partial charge in [0.25, 0.3) is 0 Å². The average molecular weight is 401 g/mol. The van der Waals surface area contributed by atoms with Crippen LogP contribution in [0.25, 0.3) is 0 Å². The fourth-order valence-electron chi connectivity index (χ4n) is 3.26. The number of anilines is 2. The Labute approximate surface area is 168 Å². The van der Waals surface area contributed by atoms with Gasteiger partial charge in [0.1, 0.15) is 11.6 Å². The smallest absolute Gasteiger partial charge is 0.319 e. The SMILES string of the molecule is COc1ccc(NC(=O)NCC(O)c2ccccc2F)cc1N1CCCCC1=O. The summed E-state index contributed by atoms with van der Waals surface area (Å²) in [6.45, 7) is 0.445. The van der Waals surface area contributed by atoms with E-state index in [0.717, 1.165) is 12.8 Å². The van der Waals surface area contributed by atoms with Crippen molar-refractivity contribution in [1.29, 1.82) is 0 Å². The van der Waals surface area contributed by atoms with Crippen LogP contribution in [0.3, 0.4) is 0 Å². The number of nitrogens with one attached hydrogen (secondary N) is 2. The van der Waals surface area contributed by atoms with Crippen molar-refractivity contribution in [2.45, 2.75) is 25.4 Å². The first-order valence-electron chi connectivity index (χ1n) is 9.45. The molecule has 1 aliphatic heterocycles. The normalized spacial score (nSPS) is 15.0. The van der Waals surface area contributed by atoms with Crippen molar-refractivity contribution in [3.63, 3.8) is 0 Å². The van der Waals surface area contributed by atoms with Gasteiger partial charge in [-0.15, -0.1) is 0 Å². The van der Waals surface area contributed by atoms with Crippen LogP contribution in [0, 0.1) is 5.82 Å². The predicted octanol–water partition coefficient (Wildman–Crippen LogP) is 3.21. The lowest BCUT2D eigenvalue weighted by Crippen LogP contribution is -2.35. The molecule has 8 heteroatoms. The van der Waals surface area contributed by atoms with E-state index in [4.69, 9.17) is 4.74 Å². The molecule has 1 heterocycles. The Morgan fingerprint density at radius 1 is 1.28 bits per heavy atom. The van der Waals surface area contributed by atoms with Crippen LogP contribution in [0.5, 0.6) is 5.75 Å². The number of piperidine rings is 1. The van der Waals surface area contributed by atoms with E-state index in [0.29, 0.717) is 30.1 Å². The third-order valence-electron chi connectivity index (χ3n) is 4.77. The van der Waals surface area contributed by atoms with Crippen molar-refractivity contribution in [3.05, 3.63) is 53.8 Å². The Kier molecular flexibility index (Phi) is 6.66. The maximum absolute atomic E-state index is 13.7. The minimum Gasteiger partial charge on any atom is -0.495 e. The summed E-state index contributed by atoms with van der Waals surface area (Å²) in [5.41, 5.74) is 1.18. The van der Waals surface area contributed by atoms with E-state index in [1.54, 1.807) is 29.2 Å². The topological polar surface area (TPSA) is 90.9 Å². The van der Waals surface area contributed by atoms with Crippen molar-refractivity contribution in [3.8, 4) is 5.75 Å². The molecule has 7 nitrogen and oxygen atoms in total. The number of halogens is 1. The first-order chi connectivity index (χ1) is 14.0. The zero-order chi connectivity index (χ0) is 20.8. The highest BCUT2D eigenvalue weighted by Crippen LogP contribution is 2.33. The molecule has 2 aromatic rings. The molecular weight excluding hydrogens is 377 g/mol. The van der Waals surface area contributed by atoms with Gasteiger partial charge in [-0.1, -0.05) is 18.2 Å². The van der Waals surface area contributed by atoms with Gasteiger partial charge in [-0.3, -0.25) is 4.79 Å². The maximum Gasteiger partial charge on any atom is 0.319 e. The number of hydrogen-bond donors (Lipinski definition) is 3. The number of aliphatic hydroxyl groups excluding tert-OH is 1. The van der Waals surface area contributed by atoms with Crippen molar-refractivity contribution < 1.29 is 23.8 Å². The Morgan fingerprint density at radius 3 is 2.79 bits per heavy atom. The van der Waals surface area contributed by atoms with Crippen molar-refractivity contribution >= 4 is 23.3 Å². The van der Waals surface area contributed by atoms with Gasteiger partial charge >= 0.3 is 6.03 Å². The van der Waals surface area contributed by atoms with Gasteiger partial charge in [0.15, 0.2) is 0 Å². The largest absolute Gasteiger partial charge is 0.495 e. The molecule has 3 amide bonds. The lowest BCUT2D eigenvalue weighted by atomic mass is 10.1. The molecule has 1 unspecified atom stereocenters. The quantitative estimate of drug-likeness (QED) is 0.693. The average Bonchev–Trinajstić information content (AvgIpc) is 2.72. The van der Waals surface area contributed by atoms with E-state index < -0.39 is 18.0 Å². The van der Waals surface area contributed by atoms with Crippen LogP contribution >= 0.6 is 0 Å². The minimum absolute atomic E-state index is 0.0177. The second-order valence-corrected chi connectivity index (χ2v) is 6.76. The zero-order valence-electron chi connectivity index (χ0n) is 16.2. The molecule has 0 aliphatic carbocycles. The number of aliphatic hydroxyl groups is 1. The second-order valence-electron chi connectivity index (χ2n) is 6.76. The van der Waals surface area contributed by atoms with E-state index in [2.05, 4.69) is 10.6 Å². The number of amides is 3. The summed E-state index contributed by atoms with van der Waals surface area (Å²) in [6.07, 6.45) is 1.08. The van der Waals surface area contributed by atoms with Crippen LogP contribution in [0.15, 0.2) is 42.5 Å². The number of hydrogen-bond acceptors (Lipinski definition) is 4. The molecule has 3 rings (SSSR count). The van der Waals surface area contributed by atoms with Gasteiger partial charge in [0.05, 0.1) is 18.9 Å². The molecule has 0 radical (unpaired) electrons. The Bertz CT molecular complexity index is 890. The summed E-state index contributed by atoms with van der Waals surface area (Å²) in [7, 11) is 1.52. The van der Waals surface area contributed by atoms with Gasteiger partial charge in [-0.05, 0) is 37.1 Å². The summed E-state index contributed by atoms with van der Waals surface area (Å²) in [4.78, 5) is 26.1. The van der Waals surface area contributed by atoms with Crippen LogP contribution in [0.1, 0.15) is 30.9 Å². The highest BCUT2D eigenvalue weighted by Gasteiger charge is 2.23. The maximum atomic E-state index is 13.7. The molecule has 1 atom stereocenters. The van der Waals surface area contributed by atoms with Crippen LogP contribution in [-0.2, 0) is 4.79 Å². The first kappa shape index (κ1) is 20.6. The molecule has 0 aromatic heterocycles. The molecule has 1 saturated heterocycles. The molecule has 0 bridgehead atoms. The fourth-order valence-corrected chi connectivity index (χ4v) is 3.26. The number of nitrogens with zero attached hydrogens (tertiary/aromatic N) is 1. The minimum atomic E-state index is -1.17. The third-order valence-corrected chi connectivity index (χ3v) is 4.77. The fraction of sp³-hybridized carbons (Fsp3) is 0.333. The van der Waals surface area contributed by atoms with Crippen LogP contribution in [0.4, 0.5) is 20.6 Å². The van der Waals surface area contributed by atoms with E-state index in [1.807, 2.05) is 0 Å². The molecule has 0 saturated carbocycles. The molecule has 0 spiro atoms. The van der Waals surface area contributed by atoms with Crippen molar-refractivity contribution in [1.82, 2.24) is 5.32 Å². The monoisotopic (exact) mass is 401 g/mol. The van der Waals surface area contributed by atoms with Gasteiger partial charge < -0.3 is 25.4 Å². The summed E-state index contributed by atoms with van der Waals surface area (Å²) >= 11 is 0. The predicted molar refractivity (Wildman–Crippen MR) is 108 cm³/mol. The van der Waals surface area contributed by atoms with Crippen LogP contribution in [0.2, 0.25) is 0 Å². The number of ether oxygens (including phenoxy) is 1. The van der Waals surface area contributed by atoms with Gasteiger partial charge in [0, 0.05) is 30.8 Å². The highest BCUT2D eigenvalue weighted by molar-refractivity contribution is 5.97. The van der Waals surface area contributed by atoms with Crippen molar-refractivity contribution in [2.75, 3.05) is 30.4 Å². The van der Waals surface area contributed by atoms with Crippen LogP contribution < -0.4 is 20.3 Å². The summed E-state index contributed by atoms with van der Waals surface area (Å²) in [5.74, 6) is 0.0264.